The van der Waals surface area contributed by atoms with Crippen LogP contribution >= 0.6 is 0 Å². The fourth-order valence-corrected chi connectivity index (χ4v) is 1.42. The van der Waals surface area contributed by atoms with E-state index in [1.807, 2.05) is 19.2 Å². The SMILES string of the molecule is CNC(Cc1nnn(C)n1)c1ccco1. The van der Waals surface area contributed by atoms with E-state index in [0.717, 1.165) is 5.76 Å². The molecule has 15 heavy (non-hydrogen) atoms. The molecular formula is C9H13N5O. The molecule has 1 atom stereocenters. The summed E-state index contributed by atoms with van der Waals surface area (Å²) in [4.78, 5) is 1.45. The lowest BCUT2D eigenvalue weighted by molar-refractivity contribution is 0.424. The van der Waals surface area contributed by atoms with Crippen LogP contribution in [0.1, 0.15) is 17.6 Å². The summed E-state index contributed by atoms with van der Waals surface area (Å²) < 4.78 is 5.32. The highest BCUT2D eigenvalue weighted by Crippen LogP contribution is 2.15. The Kier molecular flexibility index (Phi) is 2.77. The highest BCUT2D eigenvalue weighted by Gasteiger charge is 2.15. The molecule has 2 rings (SSSR count). The summed E-state index contributed by atoms with van der Waals surface area (Å²) >= 11 is 0. The van der Waals surface area contributed by atoms with Crippen molar-refractivity contribution in [1.29, 1.82) is 0 Å². The molecule has 0 aliphatic heterocycles. The van der Waals surface area contributed by atoms with Crippen LogP contribution in [0.4, 0.5) is 0 Å². The van der Waals surface area contributed by atoms with Crippen LogP contribution < -0.4 is 5.32 Å². The van der Waals surface area contributed by atoms with Gasteiger partial charge in [0.15, 0.2) is 5.82 Å². The zero-order valence-electron chi connectivity index (χ0n) is 8.71. The fraction of sp³-hybridized carbons (Fsp3) is 0.444. The largest absolute Gasteiger partial charge is 0.468 e. The van der Waals surface area contributed by atoms with Gasteiger partial charge in [-0.05, 0) is 24.4 Å². The quantitative estimate of drug-likeness (QED) is 0.781. The Balaban J connectivity index is 2.09. The van der Waals surface area contributed by atoms with Crippen molar-refractivity contribution in [2.24, 2.45) is 7.05 Å². The first-order chi connectivity index (χ1) is 7.29. The maximum atomic E-state index is 5.32. The summed E-state index contributed by atoms with van der Waals surface area (Å²) in [6.45, 7) is 0. The van der Waals surface area contributed by atoms with Crippen molar-refractivity contribution < 1.29 is 4.42 Å². The Morgan fingerprint density at radius 3 is 3.00 bits per heavy atom. The van der Waals surface area contributed by atoms with E-state index in [9.17, 15) is 0 Å². The van der Waals surface area contributed by atoms with E-state index in [0.29, 0.717) is 12.2 Å². The highest BCUT2D eigenvalue weighted by molar-refractivity contribution is 5.06. The molecular weight excluding hydrogens is 194 g/mol. The number of aryl methyl sites for hydroxylation is 1. The summed E-state index contributed by atoms with van der Waals surface area (Å²) in [5.41, 5.74) is 0. The average molecular weight is 207 g/mol. The lowest BCUT2D eigenvalue weighted by Crippen LogP contribution is -2.18. The van der Waals surface area contributed by atoms with Crippen LogP contribution in [0.15, 0.2) is 22.8 Å². The van der Waals surface area contributed by atoms with Gasteiger partial charge in [-0.2, -0.15) is 4.80 Å². The van der Waals surface area contributed by atoms with Gasteiger partial charge in [0.25, 0.3) is 0 Å². The zero-order valence-corrected chi connectivity index (χ0v) is 8.71. The molecule has 80 valence electrons. The third kappa shape index (κ3) is 2.21. The molecule has 1 N–H and O–H groups in total. The highest BCUT2D eigenvalue weighted by atomic mass is 16.3. The zero-order chi connectivity index (χ0) is 10.7. The molecule has 0 amide bonds. The van der Waals surface area contributed by atoms with Crippen LogP contribution in [-0.4, -0.2) is 27.3 Å². The Labute approximate surface area is 87.3 Å². The van der Waals surface area contributed by atoms with E-state index in [2.05, 4.69) is 20.7 Å². The molecule has 0 aromatic carbocycles. The predicted molar refractivity (Wildman–Crippen MR) is 53.0 cm³/mol. The standard InChI is InChI=1S/C9H13N5O/c1-10-7(8-4-3-5-15-8)6-9-11-13-14(2)12-9/h3-5,7,10H,6H2,1-2H3. The maximum absolute atomic E-state index is 5.32. The maximum Gasteiger partial charge on any atom is 0.176 e. The molecule has 6 nitrogen and oxygen atoms in total. The van der Waals surface area contributed by atoms with Crippen molar-refractivity contribution in [2.45, 2.75) is 12.5 Å². The van der Waals surface area contributed by atoms with Gasteiger partial charge in [0.1, 0.15) is 5.76 Å². The second-order valence-electron chi connectivity index (χ2n) is 3.26. The molecule has 6 heteroatoms. The molecule has 0 aliphatic rings. The van der Waals surface area contributed by atoms with E-state index in [4.69, 9.17) is 4.42 Å². The minimum absolute atomic E-state index is 0.0872. The van der Waals surface area contributed by atoms with Crippen LogP contribution in [0.25, 0.3) is 0 Å². The average Bonchev–Trinajstić information content (AvgIpc) is 2.85. The first-order valence-electron chi connectivity index (χ1n) is 4.73. The van der Waals surface area contributed by atoms with Crippen molar-refractivity contribution in [2.75, 3.05) is 7.05 Å². The Morgan fingerprint density at radius 2 is 2.47 bits per heavy atom. The molecule has 0 spiro atoms. The number of hydrogen-bond acceptors (Lipinski definition) is 5. The predicted octanol–water partition coefficient (Wildman–Crippen LogP) is 0.306. The van der Waals surface area contributed by atoms with Crippen molar-refractivity contribution >= 4 is 0 Å². The van der Waals surface area contributed by atoms with E-state index >= 15 is 0 Å². The third-order valence-electron chi connectivity index (χ3n) is 2.17. The number of likely N-dealkylation sites (N-methyl/N-ethyl adjacent to an activating group) is 1. The van der Waals surface area contributed by atoms with Crippen molar-refractivity contribution in [3.8, 4) is 0 Å². The van der Waals surface area contributed by atoms with E-state index in [-0.39, 0.29) is 6.04 Å². The van der Waals surface area contributed by atoms with Crippen LogP contribution in [0.3, 0.4) is 0 Å². The molecule has 0 aliphatic carbocycles. The Hall–Kier alpha value is -1.69. The molecule has 0 radical (unpaired) electrons. The fourth-order valence-electron chi connectivity index (χ4n) is 1.42. The van der Waals surface area contributed by atoms with Crippen molar-refractivity contribution in [1.82, 2.24) is 25.5 Å². The number of nitrogens with zero attached hydrogens (tertiary/aromatic N) is 4. The number of rotatable bonds is 4. The van der Waals surface area contributed by atoms with Crippen LogP contribution in [0.5, 0.6) is 0 Å². The van der Waals surface area contributed by atoms with Gasteiger partial charge in [0.05, 0.1) is 19.4 Å². The van der Waals surface area contributed by atoms with Crippen molar-refractivity contribution in [3.05, 3.63) is 30.0 Å². The number of furan rings is 1. The van der Waals surface area contributed by atoms with Gasteiger partial charge in [0, 0.05) is 6.42 Å². The first-order valence-corrected chi connectivity index (χ1v) is 4.73. The van der Waals surface area contributed by atoms with Crippen LogP contribution in [0, 0.1) is 0 Å². The van der Waals surface area contributed by atoms with Gasteiger partial charge in [-0.1, -0.05) is 0 Å². The minimum Gasteiger partial charge on any atom is -0.468 e. The monoisotopic (exact) mass is 207 g/mol. The van der Waals surface area contributed by atoms with Gasteiger partial charge in [-0.25, -0.2) is 0 Å². The summed E-state index contributed by atoms with van der Waals surface area (Å²) in [6, 6.07) is 3.88. The van der Waals surface area contributed by atoms with Gasteiger partial charge in [-0.3, -0.25) is 0 Å². The first kappa shape index (κ1) is 9.85. The van der Waals surface area contributed by atoms with Gasteiger partial charge in [-0.15, -0.1) is 10.2 Å². The molecule has 0 fully saturated rings. The molecule has 2 aromatic heterocycles. The molecule has 0 bridgehead atoms. The number of nitrogens with one attached hydrogen (secondary N) is 1. The van der Waals surface area contributed by atoms with Crippen LogP contribution in [-0.2, 0) is 13.5 Å². The number of aromatic nitrogens is 4. The van der Waals surface area contributed by atoms with Gasteiger partial charge < -0.3 is 9.73 Å². The smallest absolute Gasteiger partial charge is 0.176 e. The normalized spacial score (nSPS) is 12.9. The summed E-state index contributed by atoms with van der Waals surface area (Å²) in [5.74, 6) is 1.58. The molecule has 2 heterocycles. The Morgan fingerprint density at radius 1 is 1.60 bits per heavy atom. The summed E-state index contributed by atoms with van der Waals surface area (Å²) in [6.07, 6.45) is 2.32. The molecule has 0 saturated carbocycles. The number of tetrazole rings is 1. The van der Waals surface area contributed by atoms with E-state index in [1.54, 1.807) is 13.3 Å². The molecule has 0 saturated heterocycles. The molecule has 1 unspecified atom stereocenters. The van der Waals surface area contributed by atoms with Crippen LogP contribution in [0.2, 0.25) is 0 Å². The minimum atomic E-state index is 0.0872. The topological polar surface area (TPSA) is 68.8 Å². The van der Waals surface area contributed by atoms with E-state index in [1.165, 1.54) is 4.80 Å². The lowest BCUT2D eigenvalue weighted by atomic mass is 10.1. The molecule has 2 aromatic rings. The van der Waals surface area contributed by atoms with E-state index < -0.39 is 0 Å². The van der Waals surface area contributed by atoms with Crippen molar-refractivity contribution in [3.63, 3.8) is 0 Å². The summed E-state index contributed by atoms with van der Waals surface area (Å²) in [5, 5.41) is 15.0. The van der Waals surface area contributed by atoms with Gasteiger partial charge in [0.2, 0.25) is 0 Å². The number of hydrogen-bond donors (Lipinski definition) is 1. The second-order valence-corrected chi connectivity index (χ2v) is 3.26. The lowest BCUT2D eigenvalue weighted by Gasteiger charge is -2.10. The second kappa shape index (κ2) is 4.22. The van der Waals surface area contributed by atoms with Gasteiger partial charge >= 0.3 is 0 Å². The Bertz CT molecular complexity index is 408. The third-order valence-corrected chi connectivity index (χ3v) is 2.17. The summed E-state index contributed by atoms with van der Waals surface area (Å²) in [7, 11) is 3.63.